The first-order chi connectivity index (χ1) is 12.0. The molecule has 3 heterocycles. The zero-order chi connectivity index (χ0) is 17.4. The van der Waals surface area contributed by atoms with Crippen molar-refractivity contribution in [3.8, 4) is 10.4 Å². The first kappa shape index (κ1) is 16.1. The molecule has 0 amide bonds. The van der Waals surface area contributed by atoms with Crippen LogP contribution in [0.2, 0.25) is 0 Å². The van der Waals surface area contributed by atoms with Crippen molar-refractivity contribution >= 4 is 22.3 Å². The quantitative estimate of drug-likeness (QED) is 0.696. The van der Waals surface area contributed by atoms with Gasteiger partial charge in [-0.05, 0) is 31.5 Å². The second kappa shape index (κ2) is 6.13. The van der Waals surface area contributed by atoms with Gasteiger partial charge in [0.15, 0.2) is 11.5 Å². The number of ketones is 1. The van der Waals surface area contributed by atoms with Crippen molar-refractivity contribution < 1.29 is 9.63 Å². The minimum atomic E-state index is -0.609. The van der Waals surface area contributed by atoms with E-state index in [0.29, 0.717) is 23.7 Å². The molecule has 4 rings (SSSR count). The fourth-order valence-electron chi connectivity index (χ4n) is 3.04. The molecule has 6 heteroatoms. The SMILES string of the molecule is Cc1ccc(-c2cnc(NOC3(C)CCC(=O)c4cccn43)s2)cc1. The number of hydrogen-bond acceptors (Lipinski definition) is 5. The molecule has 0 saturated heterocycles. The van der Waals surface area contributed by atoms with Crippen molar-refractivity contribution in [3.63, 3.8) is 0 Å². The fourth-order valence-corrected chi connectivity index (χ4v) is 3.80. The van der Waals surface area contributed by atoms with Crippen molar-refractivity contribution in [1.82, 2.24) is 9.55 Å². The molecule has 1 aromatic carbocycles. The minimum absolute atomic E-state index is 0.155. The van der Waals surface area contributed by atoms with Crippen molar-refractivity contribution in [2.45, 2.75) is 32.4 Å². The van der Waals surface area contributed by atoms with Gasteiger partial charge in [-0.3, -0.25) is 4.79 Å². The summed E-state index contributed by atoms with van der Waals surface area (Å²) in [6.07, 6.45) is 4.83. The Morgan fingerprint density at radius 3 is 2.88 bits per heavy atom. The van der Waals surface area contributed by atoms with E-state index in [0.717, 1.165) is 10.4 Å². The second-order valence-electron chi connectivity index (χ2n) is 6.46. The number of carbonyl (C=O) groups is 1. The first-order valence-corrected chi connectivity index (χ1v) is 9.05. The molecule has 1 aliphatic heterocycles. The molecule has 1 unspecified atom stereocenters. The lowest BCUT2D eigenvalue weighted by atomic mass is 10.00. The smallest absolute Gasteiger partial charge is 0.207 e. The molecule has 1 N–H and O–H groups in total. The lowest BCUT2D eigenvalue weighted by Crippen LogP contribution is -2.40. The Morgan fingerprint density at radius 2 is 2.08 bits per heavy atom. The lowest BCUT2D eigenvalue weighted by Gasteiger charge is -2.35. The van der Waals surface area contributed by atoms with E-state index in [9.17, 15) is 4.79 Å². The second-order valence-corrected chi connectivity index (χ2v) is 7.49. The Kier molecular flexibility index (Phi) is 3.94. The summed E-state index contributed by atoms with van der Waals surface area (Å²) in [6, 6.07) is 12.1. The predicted octanol–water partition coefficient (Wildman–Crippen LogP) is 4.61. The third-order valence-electron chi connectivity index (χ3n) is 4.56. The molecule has 128 valence electrons. The van der Waals surface area contributed by atoms with Crippen LogP contribution in [0.5, 0.6) is 0 Å². The van der Waals surface area contributed by atoms with Gasteiger partial charge >= 0.3 is 0 Å². The van der Waals surface area contributed by atoms with Gasteiger partial charge in [0, 0.05) is 25.2 Å². The average Bonchev–Trinajstić information content (AvgIpc) is 3.28. The van der Waals surface area contributed by atoms with Crippen LogP contribution in [-0.2, 0) is 10.6 Å². The number of fused-ring (bicyclic) bond motifs is 1. The van der Waals surface area contributed by atoms with E-state index in [1.807, 2.05) is 36.0 Å². The van der Waals surface area contributed by atoms with Crippen molar-refractivity contribution in [3.05, 3.63) is 60.0 Å². The van der Waals surface area contributed by atoms with Crippen LogP contribution in [-0.4, -0.2) is 15.3 Å². The zero-order valence-corrected chi connectivity index (χ0v) is 15.0. The van der Waals surface area contributed by atoms with Gasteiger partial charge in [0.25, 0.3) is 0 Å². The number of rotatable bonds is 4. The minimum Gasteiger partial charge on any atom is -0.314 e. The largest absolute Gasteiger partial charge is 0.314 e. The number of aryl methyl sites for hydroxylation is 1. The number of aromatic nitrogens is 2. The molecule has 0 aliphatic carbocycles. The van der Waals surface area contributed by atoms with Crippen LogP contribution in [0.3, 0.4) is 0 Å². The Morgan fingerprint density at radius 1 is 1.28 bits per heavy atom. The number of nitrogens with one attached hydrogen (secondary N) is 1. The number of benzene rings is 1. The monoisotopic (exact) mass is 353 g/mol. The number of Topliss-reactive ketones (excluding diaryl/α,β-unsaturated/α-hetero) is 1. The molecule has 3 aromatic rings. The van der Waals surface area contributed by atoms with Crippen LogP contribution >= 0.6 is 11.3 Å². The van der Waals surface area contributed by atoms with Gasteiger partial charge in [-0.2, -0.15) is 0 Å². The van der Waals surface area contributed by atoms with Crippen LogP contribution in [0.15, 0.2) is 48.8 Å². The summed E-state index contributed by atoms with van der Waals surface area (Å²) in [5, 5.41) is 0.697. The number of thiazole rings is 1. The normalized spacial score (nSPS) is 19.7. The van der Waals surface area contributed by atoms with Gasteiger partial charge < -0.3 is 4.57 Å². The maximum absolute atomic E-state index is 12.0. The summed E-state index contributed by atoms with van der Waals surface area (Å²) in [5.74, 6) is 0.155. The molecular weight excluding hydrogens is 334 g/mol. The summed E-state index contributed by atoms with van der Waals surface area (Å²) in [7, 11) is 0. The molecule has 1 atom stereocenters. The topological polar surface area (TPSA) is 56.2 Å². The van der Waals surface area contributed by atoms with E-state index < -0.39 is 5.72 Å². The van der Waals surface area contributed by atoms with Crippen LogP contribution in [0.1, 0.15) is 35.8 Å². The summed E-state index contributed by atoms with van der Waals surface area (Å²) in [5.41, 5.74) is 5.43. The lowest BCUT2D eigenvalue weighted by molar-refractivity contribution is -0.0754. The third kappa shape index (κ3) is 2.99. The van der Waals surface area contributed by atoms with Gasteiger partial charge in [-0.15, -0.1) is 0 Å². The van der Waals surface area contributed by atoms with Gasteiger partial charge in [0.05, 0.1) is 10.6 Å². The van der Waals surface area contributed by atoms with Crippen molar-refractivity contribution in [2.75, 3.05) is 5.48 Å². The molecule has 0 fully saturated rings. The summed E-state index contributed by atoms with van der Waals surface area (Å²) >= 11 is 1.54. The number of carbonyl (C=O) groups excluding carboxylic acids is 1. The van der Waals surface area contributed by atoms with Crippen LogP contribution in [0.25, 0.3) is 10.4 Å². The Balaban J connectivity index is 1.50. The zero-order valence-electron chi connectivity index (χ0n) is 14.2. The highest BCUT2D eigenvalue weighted by atomic mass is 32.1. The van der Waals surface area contributed by atoms with Gasteiger partial charge in [-0.25, -0.2) is 15.3 Å². The maximum Gasteiger partial charge on any atom is 0.207 e. The van der Waals surface area contributed by atoms with E-state index >= 15 is 0 Å². The Bertz CT molecular complexity index is 913. The predicted molar refractivity (Wildman–Crippen MR) is 98.6 cm³/mol. The maximum atomic E-state index is 12.0. The highest BCUT2D eigenvalue weighted by Crippen LogP contribution is 2.34. The van der Waals surface area contributed by atoms with Crippen LogP contribution in [0, 0.1) is 6.92 Å². The van der Waals surface area contributed by atoms with Crippen molar-refractivity contribution in [2.24, 2.45) is 0 Å². The van der Waals surface area contributed by atoms with E-state index in [1.165, 1.54) is 16.9 Å². The summed E-state index contributed by atoms with van der Waals surface area (Å²) in [6.45, 7) is 4.05. The third-order valence-corrected chi connectivity index (χ3v) is 5.50. The highest BCUT2D eigenvalue weighted by Gasteiger charge is 2.36. The molecule has 0 saturated carbocycles. The molecule has 0 spiro atoms. The number of anilines is 1. The fraction of sp³-hybridized carbons (Fsp3) is 0.263. The standard InChI is InChI=1S/C19H19N3O2S/c1-13-5-7-14(8-6-13)17-12-20-18(25-17)21-24-19(2)10-9-16(23)15-4-3-11-22(15)19/h3-8,11-12H,9-10H2,1-2H3,(H,20,21). The average molecular weight is 353 g/mol. The van der Waals surface area contributed by atoms with Crippen LogP contribution < -0.4 is 5.48 Å². The van der Waals surface area contributed by atoms with Gasteiger partial charge in [-0.1, -0.05) is 41.2 Å². The molecular formula is C19H19N3O2S. The highest BCUT2D eigenvalue weighted by molar-refractivity contribution is 7.18. The summed E-state index contributed by atoms with van der Waals surface area (Å²) in [4.78, 5) is 23.4. The Hall–Kier alpha value is -2.44. The molecule has 25 heavy (non-hydrogen) atoms. The van der Waals surface area contributed by atoms with E-state index in [2.05, 4.69) is 41.7 Å². The molecule has 0 radical (unpaired) electrons. The molecule has 0 bridgehead atoms. The van der Waals surface area contributed by atoms with E-state index in [-0.39, 0.29) is 5.78 Å². The number of hydrogen-bond donors (Lipinski definition) is 1. The van der Waals surface area contributed by atoms with Crippen molar-refractivity contribution in [1.29, 1.82) is 0 Å². The van der Waals surface area contributed by atoms with E-state index in [4.69, 9.17) is 4.84 Å². The first-order valence-electron chi connectivity index (χ1n) is 8.23. The summed E-state index contributed by atoms with van der Waals surface area (Å²) < 4.78 is 1.89. The molecule has 5 nitrogen and oxygen atoms in total. The number of nitrogens with zero attached hydrogens (tertiary/aromatic N) is 2. The van der Waals surface area contributed by atoms with Crippen LogP contribution in [0.4, 0.5) is 5.13 Å². The molecule has 2 aromatic heterocycles. The molecule has 1 aliphatic rings. The van der Waals surface area contributed by atoms with Gasteiger partial charge in [0.1, 0.15) is 0 Å². The Labute approximate surface area is 150 Å². The van der Waals surface area contributed by atoms with E-state index in [1.54, 1.807) is 0 Å². The van der Waals surface area contributed by atoms with Gasteiger partial charge in [0.2, 0.25) is 5.13 Å².